The highest BCUT2D eigenvalue weighted by Crippen LogP contribution is 2.28. The maximum absolute atomic E-state index is 12.1. The summed E-state index contributed by atoms with van der Waals surface area (Å²) >= 11 is 0. The number of piperidine rings is 1. The van der Waals surface area contributed by atoms with Crippen molar-refractivity contribution in [2.75, 3.05) is 19.6 Å². The number of rotatable bonds is 2. The molecule has 0 spiro atoms. The third-order valence-electron chi connectivity index (χ3n) is 3.87. The molecule has 2 aliphatic rings. The summed E-state index contributed by atoms with van der Waals surface area (Å²) in [4.78, 5) is 14.2. The van der Waals surface area contributed by atoms with E-state index >= 15 is 0 Å². The minimum absolute atomic E-state index is 0.335. The Morgan fingerprint density at radius 3 is 2.60 bits per heavy atom. The first kappa shape index (κ1) is 10.9. The van der Waals surface area contributed by atoms with E-state index in [0.29, 0.717) is 17.7 Å². The SMILES string of the molecule is NC[C@@H]1CCCN(C(=O)C2CCCC2)C1. The Bertz CT molecular complexity index is 224. The van der Waals surface area contributed by atoms with Gasteiger partial charge in [-0.1, -0.05) is 12.8 Å². The Kier molecular flexibility index (Phi) is 3.62. The molecule has 3 heteroatoms. The van der Waals surface area contributed by atoms with Crippen LogP contribution in [0.1, 0.15) is 38.5 Å². The molecule has 1 aliphatic carbocycles. The minimum Gasteiger partial charge on any atom is -0.342 e. The molecule has 0 bridgehead atoms. The van der Waals surface area contributed by atoms with E-state index in [1.165, 1.54) is 19.3 Å². The zero-order valence-electron chi connectivity index (χ0n) is 9.45. The number of hydrogen-bond donors (Lipinski definition) is 1. The number of nitrogens with zero attached hydrogens (tertiary/aromatic N) is 1. The summed E-state index contributed by atoms with van der Waals surface area (Å²) in [6.07, 6.45) is 7.05. The fraction of sp³-hybridized carbons (Fsp3) is 0.917. The van der Waals surface area contributed by atoms with Crippen LogP contribution in [0.3, 0.4) is 0 Å². The van der Waals surface area contributed by atoms with E-state index in [4.69, 9.17) is 5.73 Å². The first-order valence-electron chi connectivity index (χ1n) is 6.30. The molecule has 1 saturated carbocycles. The average Bonchev–Trinajstić information content (AvgIpc) is 2.81. The molecule has 1 atom stereocenters. The monoisotopic (exact) mass is 210 g/mol. The maximum atomic E-state index is 12.1. The van der Waals surface area contributed by atoms with Crippen LogP contribution in [-0.4, -0.2) is 30.4 Å². The molecular formula is C12H22N2O. The lowest BCUT2D eigenvalue weighted by Crippen LogP contribution is -2.44. The summed E-state index contributed by atoms with van der Waals surface area (Å²) < 4.78 is 0. The van der Waals surface area contributed by atoms with Gasteiger partial charge in [-0.2, -0.15) is 0 Å². The Hall–Kier alpha value is -0.570. The predicted octanol–water partition coefficient (Wildman–Crippen LogP) is 1.37. The molecule has 0 aromatic rings. The quantitative estimate of drug-likeness (QED) is 0.748. The van der Waals surface area contributed by atoms with Crippen molar-refractivity contribution >= 4 is 5.91 Å². The molecule has 0 unspecified atom stereocenters. The number of carbonyl (C=O) groups is 1. The van der Waals surface area contributed by atoms with Crippen molar-refractivity contribution in [3.8, 4) is 0 Å². The molecule has 86 valence electrons. The lowest BCUT2D eigenvalue weighted by Gasteiger charge is -2.33. The lowest BCUT2D eigenvalue weighted by molar-refractivity contribution is -0.137. The van der Waals surface area contributed by atoms with Crippen LogP contribution < -0.4 is 5.73 Å². The minimum atomic E-state index is 0.335. The molecule has 1 amide bonds. The summed E-state index contributed by atoms with van der Waals surface area (Å²) in [7, 11) is 0. The molecule has 1 heterocycles. The number of likely N-dealkylation sites (tertiary alicyclic amines) is 1. The summed E-state index contributed by atoms with van der Waals surface area (Å²) in [5.74, 6) is 1.29. The van der Waals surface area contributed by atoms with Gasteiger partial charge in [0.15, 0.2) is 0 Å². The van der Waals surface area contributed by atoms with Crippen molar-refractivity contribution in [3.63, 3.8) is 0 Å². The normalized spacial score (nSPS) is 28.3. The second-order valence-electron chi connectivity index (χ2n) is 5.01. The van der Waals surface area contributed by atoms with Crippen LogP contribution >= 0.6 is 0 Å². The van der Waals surface area contributed by atoms with Crippen molar-refractivity contribution in [2.45, 2.75) is 38.5 Å². The van der Waals surface area contributed by atoms with Crippen molar-refractivity contribution in [2.24, 2.45) is 17.6 Å². The van der Waals surface area contributed by atoms with Gasteiger partial charge in [-0.3, -0.25) is 4.79 Å². The van der Waals surface area contributed by atoms with Gasteiger partial charge in [-0.05, 0) is 38.1 Å². The third-order valence-corrected chi connectivity index (χ3v) is 3.87. The van der Waals surface area contributed by atoms with Gasteiger partial charge in [-0.25, -0.2) is 0 Å². The Morgan fingerprint density at radius 2 is 1.93 bits per heavy atom. The lowest BCUT2D eigenvalue weighted by atomic mass is 9.96. The van der Waals surface area contributed by atoms with E-state index in [0.717, 1.165) is 38.9 Å². The van der Waals surface area contributed by atoms with Gasteiger partial charge in [0.25, 0.3) is 0 Å². The second kappa shape index (κ2) is 4.97. The molecule has 2 N–H and O–H groups in total. The number of carbonyl (C=O) groups excluding carboxylic acids is 1. The van der Waals surface area contributed by atoms with Crippen molar-refractivity contribution in [3.05, 3.63) is 0 Å². The van der Waals surface area contributed by atoms with E-state index in [9.17, 15) is 4.79 Å². The molecule has 0 radical (unpaired) electrons. The average molecular weight is 210 g/mol. The van der Waals surface area contributed by atoms with Gasteiger partial charge >= 0.3 is 0 Å². The van der Waals surface area contributed by atoms with Crippen LogP contribution in [0.4, 0.5) is 0 Å². The predicted molar refractivity (Wildman–Crippen MR) is 60.3 cm³/mol. The molecule has 0 aromatic carbocycles. The van der Waals surface area contributed by atoms with Gasteiger partial charge in [0, 0.05) is 19.0 Å². The molecular weight excluding hydrogens is 188 g/mol. The zero-order valence-corrected chi connectivity index (χ0v) is 9.45. The van der Waals surface area contributed by atoms with Crippen LogP contribution in [0.15, 0.2) is 0 Å². The molecule has 0 aromatic heterocycles. The first-order valence-corrected chi connectivity index (χ1v) is 6.30. The van der Waals surface area contributed by atoms with Gasteiger partial charge in [-0.15, -0.1) is 0 Å². The Labute approximate surface area is 92.0 Å². The first-order chi connectivity index (χ1) is 7.31. The Morgan fingerprint density at radius 1 is 1.20 bits per heavy atom. The number of amides is 1. The molecule has 1 aliphatic heterocycles. The molecule has 15 heavy (non-hydrogen) atoms. The zero-order chi connectivity index (χ0) is 10.7. The summed E-state index contributed by atoms with van der Waals surface area (Å²) in [6, 6.07) is 0. The largest absolute Gasteiger partial charge is 0.342 e. The van der Waals surface area contributed by atoms with Gasteiger partial charge in [0.1, 0.15) is 0 Å². The summed E-state index contributed by atoms with van der Waals surface area (Å²) in [5, 5.41) is 0. The number of hydrogen-bond acceptors (Lipinski definition) is 2. The number of nitrogens with two attached hydrogens (primary N) is 1. The highest BCUT2D eigenvalue weighted by molar-refractivity contribution is 5.79. The van der Waals surface area contributed by atoms with Crippen molar-refractivity contribution in [1.82, 2.24) is 4.90 Å². The van der Waals surface area contributed by atoms with Gasteiger partial charge < -0.3 is 10.6 Å². The summed E-state index contributed by atoms with van der Waals surface area (Å²) in [5.41, 5.74) is 5.68. The maximum Gasteiger partial charge on any atom is 0.225 e. The fourth-order valence-corrected chi connectivity index (χ4v) is 2.89. The Balaban J connectivity index is 1.88. The second-order valence-corrected chi connectivity index (χ2v) is 5.01. The standard InChI is InChI=1S/C12H22N2O/c13-8-10-4-3-7-14(9-10)12(15)11-5-1-2-6-11/h10-11H,1-9,13H2/t10-/m0/s1. The van der Waals surface area contributed by atoms with Crippen LogP contribution in [0, 0.1) is 11.8 Å². The smallest absolute Gasteiger partial charge is 0.225 e. The van der Waals surface area contributed by atoms with E-state index < -0.39 is 0 Å². The van der Waals surface area contributed by atoms with Gasteiger partial charge in [0.05, 0.1) is 0 Å². The van der Waals surface area contributed by atoms with Crippen LogP contribution in [0.5, 0.6) is 0 Å². The highest BCUT2D eigenvalue weighted by Gasteiger charge is 2.29. The highest BCUT2D eigenvalue weighted by atomic mass is 16.2. The van der Waals surface area contributed by atoms with Crippen molar-refractivity contribution in [1.29, 1.82) is 0 Å². The molecule has 3 nitrogen and oxygen atoms in total. The van der Waals surface area contributed by atoms with E-state index in [1.807, 2.05) is 0 Å². The molecule has 1 saturated heterocycles. The fourth-order valence-electron chi connectivity index (χ4n) is 2.89. The topological polar surface area (TPSA) is 46.3 Å². The van der Waals surface area contributed by atoms with E-state index in [-0.39, 0.29) is 0 Å². The van der Waals surface area contributed by atoms with Crippen LogP contribution in [0.25, 0.3) is 0 Å². The van der Waals surface area contributed by atoms with Crippen molar-refractivity contribution < 1.29 is 4.79 Å². The molecule has 2 fully saturated rings. The van der Waals surface area contributed by atoms with E-state index in [1.54, 1.807) is 0 Å². The van der Waals surface area contributed by atoms with E-state index in [2.05, 4.69) is 4.90 Å². The third kappa shape index (κ3) is 2.51. The summed E-state index contributed by atoms with van der Waals surface area (Å²) in [6.45, 7) is 2.60. The van der Waals surface area contributed by atoms with Crippen LogP contribution in [0.2, 0.25) is 0 Å². The molecule has 2 rings (SSSR count). The van der Waals surface area contributed by atoms with Gasteiger partial charge in [0.2, 0.25) is 5.91 Å². The van der Waals surface area contributed by atoms with Crippen LogP contribution in [-0.2, 0) is 4.79 Å².